The summed E-state index contributed by atoms with van der Waals surface area (Å²) in [6, 6.07) is 2.71. The molecule has 0 atom stereocenters. The van der Waals surface area contributed by atoms with Gasteiger partial charge in [0.25, 0.3) is 5.91 Å². The van der Waals surface area contributed by atoms with Crippen molar-refractivity contribution in [3.63, 3.8) is 0 Å². The molecule has 118 valence electrons. The molecule has 1 amide bonds. The molecule has 0 fully saturated rings. The number of nitrogens with two attached hydrogens (primary N) is 1. The number of hydrogen-bond donors (Lipinski definition) is 1. The summed E-state index contributed by atoms with van der Waals surface area (Å²) in [5.41, 5.74) is 2.83. The number of halogens is 6. The minimum atomic E-state index is -4.75. The Bertz CT molecular complexity index is 523. The molecule has 1 aromatic rings. The Balaban J connectivity index is 2.98. The first-order chi connectivity index (χ1) is 9.43. The smallest absolute Gasteiger partial charge is 0.398 e. The molecule has 0 saturated carbocycles. The van der Waals surface area contributed by atoms with Crippen LogP contribution in [-0.4, -0.2) is 30.6 Å². The number of rotatable bonds is 3. The van der Waals surface area contributed by atoms with Crippen LogP contribution < -0.4 is 5.73 Å². The monoisotopic (exact) mass is 314 g/mol. The third-order valence-electron chi connectivity index (χ3n) is 2.72. The van der Waals surface area contributed by atoms with Gasteiger partial charge in [0, 0.05) is 13.6 Å². The predicted octanol–water partition coefficient (Wildman–Crippen LogP) is 3.31. The Hall–Kier alpha value is -1.93. The number of nitrogens with zero attached hydrogens (tertiary/aromatic N) is 1. The number of benzene rings is 1. The van der Waals surface area contributed by atoms with E-state index in [1.165, 1.54) is 0 Å². The summed E-state index contributed by atoms with van der Waals surface area (Å²) < 4.78 is 74.1. The minimum absolute atomic E-state index is 0.477. The second-order valence-electron chi connectivity index (χ2n) is 4.36. The van der Waals surface area contributed by atoms with Crippen LogP contribution in [-0.2, 0) is 6.18 Å². The van der Waals surface area contributed by atoms with Gasteiger partial charge in [-0.25, -0.2) is 0 Å². The summed E-state index contributed by atoms with van der Waals surface area (Å²) in [6.45, 7) is -0.669. The van der Waals surface area contributed by atoms with Crippen molar-refractivity contribution in [3.05, 3.63) is 29.3 Å². The fourth-order valence-corrected chi connectivity index (χ4v) is 1.60. The summed E-state index contributed by atoms with van der Waals surface area (Å²) >= 11 is 0. The summed E-state index contributed by atoms with van der Waals surface area (Å²) in [6.07, 6.45) is -10.5. The second-order valence-corrected chi connectivity index (χ2v) is 4.36. The van der Waals surface area contributed by atoms with Gasteiger partial charge in [-0.1, -0.05) is 6.07 Å². The summed E-state index contributed by atoms with van der Waals surface area (Å²) in [7, 11) is 1.06. The van der Waals surface area contributed by atoms with Crippen molar-refractivity contribution < 1.29 is 31.1 Å². The van der Waals surface area contributed by atoms with Gasteiger partial charge >= 0.3 is 12.4 Å². The molecule has 0 aliphatic heterocycles. The predicted molar refractivity (Wildman–Crippen MR) is 63.5 cm³/mol. The van der Waals surface area contributed by atoms with E-state index in [2.05, 4.69) is 0 Å². The molecule has 21 heavy (non-hydrogen) atoms. The average Bonchev–Trinajstić information content (AvgIpc) is 2.33. The van der Waals surface area contributed by atoms with Crippen LogP contribution in [0.5, 0.6) is 0 Å². The lowest BCUT2D eigenvalue weighted by Crippen LogP contribution is -2.31. The fraction of sp³-hybridized carbons (Fsp3) is 0.417. The number of carbonyl (C=O) groups excluding carboxylic acids is 1. The van der Waals surface area contributed by atoms with Crippen LogP contribution in [0, 0.1) is 0 Å². The van der Waals surface area contributed by atoms with Crippen molar-refractivity contribution >= 4 is 11.6 Å². The molecule has 1 aromatic carbocycles. The quantitative estimate of drug-likeness (QED) is 0.687. The lowest BCUT2D eigenvalue weighted by molar-refractivity contribution is -0.137. The highest BCUT2D eigenvalue weighted by Crippen LogP contribution is 2.35. The van der Waals surface area contributed by atoms with Crippen LogP contribution in [0.3, 0.4) is 0 Å². The van der Waals surface area contributed by atoms with Gasteiger partial charge in [-0.2, -0.15) is 26.3 Å². The van der Waals surface area contributed by atoms with Crippen molar-refractivity contribution in [2.45, 2.75) is 18.8 Å². The molecule has 0 radical (unpaired) electrons. The maximum Gasteiger partial charge on any atom is 0.418 e. The summed E-state index contributed by atoms with van der Waals surface area (Å²) in [5, 5.41) is 0. The van der Waals surface area contributed by atoms with Crippen LogP contribution >= 0.6 is 0 Å². The maximum atomic E-state index is 12.6. The molecule has 3 nitrogen and oxygen atoms in total. The van der Waals surface area contributed by atoms with E-state index >= 15 is 0 Å². The van der Waals surface area contributed by atoms with Crippen molar-refractivity contribution in [1.82, 2.24) is 4.90 Å². The molecule has 0 aliphatic carbocycles. The van der Waals surface area contributed by atoms with Gasteiger partial charge in [0.05, 0.1) is 23.2 Å². The van der Waals surface area contributed by atoms with Gasteiger partial charge < -0.3 is 10.6 Å². The maximum absolute atomic E-state index is 12.6. The van der Waals surface area contributed by atoms with Crippen molar-refractivity contribution in [2.24, 2.45) is 0 Å². The van der Waals surface area contributed by atoms with E-state index in [1.807, 2.05) is 0 Å². The first-order valence-electron chi connectivity index (χ1n) is 5.71. The van der Waals surface area contributed by atoms with Gasteiger partial charge in [-0.05, 0) is 12.1 Å². The van der Waals surface area contributed by atoms with Crippen molar-refractivity contribution in [1.29, 1.82) is 0 Å². The van der Waals surface area contributed by atoms with Crippen molar-refractivity contribution in [2.75, 3.05) is 19.3 Å². The van der Waals surface area contributed by atoms with E-state index in [0.29, 0.717) is 11.0 Å². The largest absolute Gasteiger partial charge is 0.418 e. The summed E-state index contributed by atoms with van der Waals surface area (Å²) in [4.78, 5) is 12.6. The van der Waals surface area contributed by atoms with Crippen LogP contribution in [0.1, 0.15) is 22.3 Å². The zero-order chi connectivity index (χ0) is 16.4. The van der Waals surface area contributed by atoms with E-state index < -0.39 is 48.0 Å². The molecule has 9 heteroatoms. The number of alkyl halides is 6. The third-order valence-corrected chi connectivity index (χ3v) is 2.72. The number of anilines is 1. The van der Waals surface area contributed by atoms with Crippen LogP contribution in [0.4, 0.5) is 32.0 Å². The molecule has 0 aliphatic rings. The Kier molecular flexibility index (Phi) is 4.75. The first-order valence-corrected chi connectivity index (χ1v) is 5.71. The third kappa shape index (κ3) is 4.54. The van der Waals surface area contributed by atoms with Crippen LogP contribution in [0.25, 0.3) is 0 Å². The molecular formula is C12H12F6N2O. The number of nitrogen functional groups attached to an aromatic ring is 1. The molecule has 2 N–H and O–H groups in total. The van der Waals surface area contributed by atoms with Crippen LogP contribution in [0.2, 0.25) is 0 Å². The van der Waals surface area contributed by atoms with Gasteiger partial charge in [0.2, 0.25) is 0 Å². The van der Waals surface area contributed by atoms with Crippen LogP contribution in [0.15, 0.2) is 18.2 Å². The number of amides is 1. The number of hydrogen-bond acceptors (Lipinski definition) is 2. The van der Waals surface area contributed by atoms with E-state index in [0.717, 1.165) is 19.2 Å². The molecule has 0 spiro atoms. The molecular weight excluding hydrogens is 302 g/mol. The lowest BCUT2D eigenvalue weighted by atomic mass is 10.1. The van der Waals surface area contributed by atoms with Gasteiger partial charge in [-0.15, -0.1) is 0 Å². The minimum Gasteiger partial charge on any atom is -0.398 e. The molecule has 0 heterocycles. The zero-order valence-electron chi connectivity index (χ0n) is 10.8. The number of para-hydroxylation sites is 1. The Morgan fingerprint density at radius 2 is 1.76 bits per heavy atom. The molecule has 0 saturated heterocycles. The Labute approximate surface area is 116 Å². The first kappa shape index (κ1) is 17.1. The summed E-state index contributed by atoms with van der Waals surface area (Å²) in [5.74, 6) is -0.997. The highest BCUT2D eigenvalue weighted by Gasteiger charge is 2.35. The average molecular weight is 314 g/mol. The van der Waals surface area contributed by atoms with Crippen molar-refractivity contribution in [3.8, 4) is 0 Å². The highest BCUT2D eigenvalue weighted by molar-refractivity contribution is 5.99. The lowest BCUT2D eigenvalue weighted by Gasteiger charge is -2.20. The van der Waals surface area contributed by atoms with Gasteiger partial charge in [0.15, 0.2) is 0 Å². The number of carbonyl (C=O) groups is 1. The van der Waals surface area contributed by atoms with E-state index in [-0.39, 0.29) is 0 Å². The Morgan fingerprint density at radius 1 is 1.19 bits per heavy atom. The molecule has 1 rings (SSSR count). The second kappa shape index (κ2) is 5.82. The Morgan fingerprint density at radius 3 is 2.24 bits per heavy atom. The topological polar surface area (TPSA) is 46.3 Å². The zero-order valence-corrected chi connectivity index (χ0v) is 10.8. The van der Waals surface area contributed by atoms with E-state index in [1.54, 1.807) is 0 Å². The van der Waals surface area contributed by atoms with Gasteiger partial charge in [0.1, 0.15) is 0 Å². The fourth-order valence-electron chi connectivity index (χ4n) is 1.60. The van der Waals surface area contributed by atoms with E-state index in [4.69, 9.17) is 5.73 Å². The van der Waals surface area contributed by atoms with E-state index in [9.17, 15) is 31.1 Å². The molecule has 0 unspecified atom stereocenters. The highest BCUT2D eigenvalue weighted by atomic mass is 19.4. The molecule has 0 aromatic heterocycles. The van der Waals surface area contributed by atoms with Gasteiger partial charge in [-0.3, -0.25) is 4.79 Å². The molecule has 0 bridgehead atoms. The standard InChI is InChI=1S/C12H12F6N2O/c1-20(6-5-11(13,14)15)10(21)7-3-2-4-8(9(7)19)12(16,17)18/h2-4H,5-6,19H2,1H3. The SMILES string of the molecule is CN(CCC(F)(F)F)C(=O)c1cccc(C(F)(F)F)c1N. The normalized spacial score (nSPS) is 12.3.